The zero-order valence-electron chi connectivity index (χ0n) is 13.0. The molecule has 0 bridgehead atoms. The molecule has 0 aromatic heterocycles. The second-order valence-corrected chi connectivity index (χ2v) is 5.42. The predicted molar refractivity (Wildman–Crippen MR) is 85.1 cm³/mol. The van der Waals surface area contributed by atoms with E-state index in [1.54, 1.807) is 24.3 Å². The molecule has 4 N–H and O–H groups in total. The first-order chi connectivity index (χ1) is 9.97. The van der Waals surface area contributed by atoms with Crippen LogP contribution in [0.2, 0.25) is 0 Å². The lowest BCUT2D eigenvalue weighted by Crippen LogP contribution is -2.30. The summed E-state index contributed by atoms with van der Waals surface area (Å²) in [6, 6.07) is 6.95. The molecule has 1 rings (SSSR count). The summed E-state index contributed by atoms with van der Waals surface area (Å²) >= 11 is 0. The molecular weight excluding hydrogens is 266 g/mol. The first-order valence-electron chi connectivity index (χ1n) is 7.39. The van der Waals surface area contributed by atoms with Gasteiger partial charge in [-0.3, -0.25) is 9.59 Å². The first kappa shape index (κ1) is 17.2. The SMILES string of the molecule is CCCC(CN)C(=O)Nc1ccc(C(=O)NC(C)C)cc1. The summed E-state index contributed by atoms with van der Waals surface area (Å²) in [5, 5.41) is 5.65. The highest BCUT2D eigenvalue weighted by molar-refractivity contribution is 5.96. The molecule has 1 unspecified atom stereocenters. The summed E-state index contributed by atoms with van der Waals surface area (Å²) in [4.78, 5) is 23.8. The van der Waals surface area contributed by atoms with Gasteiger partial charge in [-0.25, -0.2) is 0 Å². The third-order valence-electron chi connectivity index (χ3n) is 3.13. The maximum Gasteiger partial charge on any atom is 0.251 e. The van der Waals surface area contributed by atoms with Gasteiger partial charge >= 0.3 is 0 Å². The van der Waals surface area contributed by atoms with Crippen LogP contribution in [0.15, 0.2) is 24.3 Å². The Balaban J connectivity index is 2.66. The Hall–Kier alpha value is -1.88. The molecule has 1 aromatic carbocycles. The monoisotopic (exact) mass is 291 g/mol. The van der Waals surface area contributed by atoms with Crippen molar-refractivity contribution in [3.8, 4) is 0 Å². The number of carbonyl (C=O) groups excluding carboxylic acids is 2. The van der Waals surface area contributed by atoms with Gasteiger partial charge in [-0.1, -0.05) is 13.3 Å². The van der Waals surface area contributed by atoms with Crippen LogP contribution in [0.3, 0.4) is 0 Å². The van der Waals surface area contributed by atoms with E-state index >= 15 is 0 Å². The van der Waals surface area contributed by atoms with E-state index in [-0.39, 0.29) is 23.8 Å². The van der Waals surface area contributed by atoms with Crippen LogP contribution >= 0.6 is 0 Å². The normalized spacial score (nSPS) is 12.0. The molecule has 0 heterocycles. The highest BCUT2D eigenvalue weighted by Gasteiger charge is 2.16. The summed E-state index contributed by atoms with van der Waals surface area (Å²) in [7, 11) is 0. The van der Waals surface area contributed by atoms with Gasteiger partial charge < -0.3 is 16.4 Å². The van der Waals surface area contributed by atoms with Crippen molar-refractivity contribution in [3.05, 3.63) is 29.8 Å². The number of amides is 2. The maximum atomic E-state index is 12.0. The van der Waals surface area contributed by atoms with E-state index in [0.29, 0.717) is 17.8 Å². The second kappa shape index (κ2) is 8.42. The van der Waals surface area contributed by atoms with Crippen LogP contribution < -0.4 is 16.4 Å². The molecule has 2 amide bonds. The van der Waals surface area contributed by atoms with Crippen molar-refractivity contribution in [1.82, 2.24) is 5.32 Å². The van der Waals surface area contributed by atoms with Gasteiger partial charge in [-0.15, -0.1) is 0 Å². The van der Waals surface area contributed by atoms with Crippen LogP contribution in [0.25, 0.3) is 0 Å². The molecule has 0 fully saturated rings. The van der Waals surface area contributed by atoms with Gasteiger partial charge in [-0.05, 0) is 44.5 Å². The third kappa shape index (κ3) is 5.55. The van der Waals surface area contributed by atoms with Gasteiger partial charge in [0.05, 0.1) is 5.92 Å². The average molecular weight is 291 g/mol. The Bertz CT molecular complexity index is 469. The molecule has 0 saturated carbocycles. The Morgan fingerprint density at radius 3 is 2.29 bits per heavy atom. The van der Waals surface area contributed by atoms with Crippen molar-refractivity contribution < 1.29 is 9.59 Å². The Kier molecular flexibility index (Phi) is 6.88. The summed E-state index contributed by atoms with van der Waals surface area (Å²) in [6.45, 7) is 6.19. The van der Waals surface area contributed by atoms with E-state index in [4.69, 9.17) is 5.73 Å². The van der Waals surface area contributed by atoms with E-state index in [1.807, 2.05) is 20.8 Å². The number of hydrogen-bond acceptors (Lipinski definition) is 3. The second-order valence-electron chi connectivity index (χ2n) is 5.42. The van der Waals surface area contributed by atoms with Crippen molar-refractivity contribution in [2.75, 3.05) is 11.9 Å². The summed E-state index contributed by atoms with van der Waals surface area (Å²) in [5.74, 6) is -0.355. The molecule has 116 valence electrons. The van der Waals surface area contributed by atoms with Crippen LogP contribution in [-0.4, -0.2) is 24.4 Å². The van der Waals surface area contributed by atoms with Crippen molar-refractivity contribution in [3.63, 3.8) is 0 Å². The van der Waals surface area contributed by atoms with Crippen LogP contribution in [-0.2, 0) is 4.79 Å². The molecule has 5 nitrogen and oxygen atoms in total. The summed E-state index contributed by atoms with van der Waals surface area (Å²) < 4.78 is 0. The molecule has 5 heteroatoms. The predicted octanol–water partition coefficient (Wildman–Crippen LogP) is 2.14. The van der Waals surface area contributed by atoms with Gasteiger partial charge in [0.1, 0.15) is 0 Å². The fraction of sp³-hybridized carbons (Fsp3) is 0.500. The van der Waals surface area contributed by atoms with Crippen LogP contribution in [0.1, 0.15) is 44.0 Å². The molecule has 1 atom stereocenters. The van der Waals surface area contributed by atoms with Crippen molar-refractivity contribution in [2.24, 2.45) is 11.7 Å². The molecule has 0 radical (unpaired) electrons. The van der Waals surface area contributed by atoms with Gasteiger partial charge in [0.2, 0.25) is 5.91 Å². The van der Waals surface area contributed by atoms with Crippen molar-refractivity contribution in [1.29, 1.82) is 0 Å². The first-order valence-corrected chi connectivity index (χ1v) is 7.39. The fourth-order valence-corrected chi connectivity index (χ4v) is 2.00. The van der Waals surface area contributed by atoms with E-state index < -0.39 is 0 Å². The Morgan fingerprint density at radius 1 is 1.19 bits per heavy atom. The topological polar surface area (TPSA) is 84.2 Å². The van der Waals surface area contributed by atoms with Crippen LogP contribution in [0, 0.1) is 5.92 Å². The highest BCUT2D eigenvalue weighted by Crippen LogP contribution is 2.13. The maximum absolute atomic E-state index is 12.0. The van der Waals surface area contributed by atoms with E-state index in [1.165, 1.54) is 0 Å². The van der Waals surface area contributed by atoms with Crippen molar-refractivity contribution >= 4 is 17.5 Å². The lowest BCUT2D eigenvalue weighted by molar-refractivity contribution is -0.119. The zero-order valence-corrected chi connectivity index (χ0v) is 13.0. The third-order valence-corrected chi connectivity index (χ3v) is 3.13. The summed E-state index contributed by atoms with van der Waals surface area (Å²) in [6.07, 6.45) is 1.70. The molecular formula is C16H25N3O2. The lowest BCUT2D eigenvalue weighted by atomic mass is 10.0. The fourth-order valence-electron chi connectivity index (χ4n) is 2.00. The highest BCUT2D eigenvalue weighted by atomic mass is 16.2. The standard InChI is InChI=1S/C16H25N3O2/c1-4-5-13(10-17)16(21)19-14-8-6-12(7-9-14)15(20)18-11(2)3/h6-9,11,13H,4-5,10,17H2,1-3H3,(H,18,20)(H,19,21). The van der Waals surface area contributed by atoms with Gasteiger partial charge in [0.15, 0.2) is 0 Å². The number of rotatable bonds is 7. The molecule has 1 aromatic rings. The Morgan fingerprint density at radius 2 is 1.81 bits per heavy atom. The molecule has 21 heavy (non-hydrogen) atoms. The zero-order chi connectivity index (χ0) is 15.8. The number of nitrogens with two attached hydrogens (primary N) is 1. The van der Waals surface area contributed by atoms with Gasteiger partial charge in [0, 0.05) is 23.8 Å². The Labute approximate surface area is 126 Å². The summed E-state index contributed by atoms with van der Waals surface area (Å²) in [5.41, 5.74) is 6.86. The number of benzene rings is 1. The minimum absolute atomic E-state index is 0.0706. The van der Waals surface area contributed by atoms with Gasteiger partial charge in [0.25, 0.3) is 5.91 Å². The largest absolute Gasteiger partial charge is 0.350 e. The van der Waals surface area contributed by atoms with Crippen LogP contribution in [0.5, 0.6) is 0 Å². The van der Waals surface area contributed by atoms with Crippen LogP contribution in [0.4, 0.5) is 5.69 Å². The number of carbonyl (C=O) groups is 2. The van der Waals surface area contributed by atoms with Crippen molar-refractivity contribution in [2.45, 2.75) is 39.7 Å². The number of anilines is 1. The number of hydrogen-bond donors (Lipinski definition) is 3. The quantitative estimate of drug-likeness (QED) is 0.719. The minimum atomic E-state index is -0.168. The smallest absolute Gasteiger partial charge is 0.251 e. The molecule has 0 saturated heterocycles. The van der Waals surface area contributed by atoms with E-state index in [2.05, 4.69) is 10.6 Å². The van der Waals surface area contributed by atoms with E-state index in [0.717, 1.165) is 12.8 Å². The van der Waals surface area contributed by atoms with E-state index in [9.17, 15) is 9.59 Å². The number of nitrogens with one attached hydrogen (secondary N) is 2. The van der Waals surface area contributed by atoms with Gasteiger partial charge in [-0.2, -0.15) is 0 Å². The molecule has 0 aliphatic rings. The molecule has 0 aliphatic carbocycles. The minimum Gasteiger partial charge on any atom is -0.350 e. The molecule has 0 spiro atoms. The lowest BCUT2D eigenvalue weighted by Gasteiger charge is -2.14. The molecule has 0 aliphatic heterocycles. The average Bonchev–Trinajstić information content (AvgIpc) is 2.44.